The van der Waals surface area contributed by atoms with Crippen molar-refractivity contribution >= 4 is 15.9 Å². The van der Waals surface area contributed by atoms with Crippen LogP contribution in [0.5, 0.6) is 0 Å². The summed E-state index contributed by atoms with van der Waals surface area (Å²) in [5.41, 5.74) is 2.68. The van der Waals surface area contributed by atoms with Gasteiger partial charge in [0.15, 0.2) is 0 Å². The Balaban J connectivity index is 2.97. The monoisotopic (exact) mass is 267 g/mol. The zero-order valence-corrected chi connectivity index (χ0v) is 11.0. The summed E-state index contributed by atoms with van der Waals surface area (Å²) in [6.07, 6.45) is 2.93. The summed E-state index contributed by atoms with van der Waals surface area (Å²) in [4.78, 5) is 0. The van der Waals surface area contributed by atoms with Crippen molar-refractivity contribution in [2.45, 2.75) is 26.3 Å². The number of hydrogen-bond donors (Lipinski definition) is 1. The van der Waals surface area contributed by atoms with Crippen molar-refractivity contribution in [3.8, 4) is 0 Å². The molecule has 1 nitrogen and oxygen atoms in total. The van der Waals surface area contributed by atoms with E-state index in [1.165, 1.54) is 11.1 Å². The van der Waals surface area contributed by atoms with Gasteiger partial charge in [0.25, 0.3) is 0 Å². The first kappa shape index (κ1) is 12.5. The van der Waals surface area contributed by atoms with E-state index in [1.54, 1.807) is 0 Å². The molecule has 15 heavy (non-hydrogen) atoms. The lowest BCUT2D eigenvalue weighted by Gasteiger charge is -2.19. The number of hydrogen-bond acceptors (Lipinski definition) is 1. The lowest BCUT2D eigenvalue weighted by molar-refractivity contribution is 0.556. The third-order valence-electron chi connectivity index (χ3n) is 2.47. The van der Waals surface area contributed by atoms with E-state index in [1.807, 2.05) is 6.08 Å². The Morgan fingerprint density at radius 1 is 1.53 bits per heavy atom. The Hall–Kier alpha value is -0.600. The molecule has 1 aromatic rings. The van der Waals surface area contributed by atoms with Gasteiger partial charge in [-0.2, -0.15) is 0 Å². The molecule has 0 spiro atoms. The minimum atomic E-state index is 0.380. The second-order valence-electron chi connectivity index (χ2n) is 3.64. The minimum Gasteiger partial charge on any atom is -0.310 e. The van der Waals surface area contributed by atoms with Crippen molar-refractivity contribution in [1.82, 2.24) is 5.32 Å². The van der Waals surface area contributed by atoms with Crippen LogP contribution in [0.25, 0.3) is 0 Å². The molecular formula is C13H18BrN. The van der Waals surface area contributed by atoms with Gasteiger partial charge < -0.3 is 5.32 Å². The molecule has 2 heteroatoms. The zero-order valence-electron chi connectivity index (χ0n) is 9.39. The molecule has 1 atom stereocenters. The van der Waals surface area contributed by atoms with Crippen LogP contribution in [0.4, 0.5) is 0 Å². The third-order valence-corrected chi connectivity index (χ3v) is 2.96. The summed E-state index contributed by atoms with van der Waals surface area (Å²) in [6, 6.07) is 6.79. The van der Waals surface area contributed by atoms with Gasteiger partial charge in [-0.15, -0.1) is 6.58 Å². The second kappa shape index (κ2) is 6.09. The molecule has 0 aromatic heterocycles. The Labute approximate surface area is 101 Å². The van der Waals surface area contributed by atoms with Crippen molar-refractivity contribution in [2.24, 2.45) is 0 Å². The van der Waals surface area contributed by atoms with Gasteiger partial charge >= 0.3 is 0 Å². The molecule has 0 aliphatic carbocycles. The summed E-state index contributed by atoms with van der Waals surface area (Å²) < 4.78 is 1.13. The molecule has 0 bridgehead atoms. The highest BCUT2D eigenvalue weighted by atomic mass is 79.9. The molecule has 0 saturated carbocycles. The number of nitrogens with one attached hydrogen (secondary N) is 1. The van der Waals surface area contributed by atoms with Gasteiger partial charge in [-0.3, -0.25) is 0 Å². The molecule has 1 rings (SSSR count). The van der Waals surface area contributed by atoms with E-state index in [4.69, 9.17) is 0 Å². The van der Waals surface area contributed by atoms with Gasteiger partial charge in [0, 0.05) is 10.5 Å². The Morgan fingerprint density at radius 2 is 2.27 bits per heavy atom. The van der Waals surface area contributed by atoms with Gasteiger partial charge in [0.05, 0.1) is 0 Å². The Morgan fingerprint density at radius 3 is 2.87 bits per heavy atom. The van der Waals surface area contributed by atoms with E-state index in [-0.39, 0.29) is 0 Å². The van der Waals surface area contributed by atoms with Crippen molar-refractivity contribution in [3.63, 3.8) is 0 Å². The van der Waals surface area contributed by atoms with Crippen LogP contribution in [-0.2, 0) is 0 Å². The predicted molar refractivity (Wildman–Crippen MR) is 70.1 cm³/mol. The van der Waals surface area contributed by atoms with Gasteiger partial charge in [0.1, 0.15) is 0 Å². The molecule has 0 radical (unpaired) electrons. The van der Waals surface area contributed by atoms with E-state index in [2.05, 4.69) is 59.9 Å². The Bertz CT molecular complexity index is 333. The maximum absolute atomic E-state index is 3.81. The van der Waals surface area contributed by atoms with Gasteiger partial charge in [-0.25, -0.2) is 0 Å². The maximum Gasteiger partial charge on any atom is 0.0357 e. The number of halogens is 1. The van der Waals surface area contributed by atoms with E-state index in [0.29, 0.717) is 6.04 Å². The maximum atomic E-state index is 3.81. The first-order valence-electron chi connectivity index (χ1n) is 5.29. The first-order valence-corrected chi connectivity index (χ1v) is 6.08. The molecule has 0 heterocycles. The largest absolute Gasteiger partial charge is 0.310 e. The Kier molecular flexibility index (Phi) is 5.06. The second-order valence-corrected chi connectivity index (χ2v) is 4.55. The summed E-state index contributed by atoms with van der Waals surface area (Å²) in [7, 11) is 0. The van der Waals surface area contributed by atoms with Crippen LogP contribution in [-0.4, -0.2) is 6.54 Å². The lowest BCUT2D eigenvalue weighted by atomic mass is 9.99. The van der Waals surface area contributed by atoms with E-state index < -0.39 is 0 Å². The SMILES string of the molecule is C=CCC(NCC)c1cc(Br)ccc1C. The lowest BCUT2D eigenvalue weighted by Crippen LogP contribution is -2.21. The summed E-state index contributed by atoms with van der Waals surface area (Å²) in [5.74, 6) is 0. The van der Waals surface area contributed by atoms with Crippen LogP contribution in [0.2, 0.25) is 0 Å². The fraction of sp³-hybridized carbons (Fsp3) is 0.385. The van der Waals surface area contributed by atoms with Crippen molar-refractivity contribution < 1.29 is 0 Å². The van der Waals surface area contributed by atoms with Crippen molar-refractivity contribution in [2.75, 3.05) is 6.54 Å². The molecule has 1 aromatic carbocycles. The third kappa shape index (κ3) is 3.47. The average molecular weight is 268 g/mol. The quantitative estimate of drug-likeness (QED) is 0.796. The zero-order chi connectivity index (χ0) is 11.3. The number of aryl methyl sites for hydroxylation is 1. The van der Waals surface area contributed by atoms with Crippen LogP contribution in [0, 0.1) is 6.92 Å². The summed E-state index contributed by atoms with van der Waals surface area (Å²) in [6.45, 7) is 9.06. The normalized spacial score (nSPS) is 12.5. The summed E-state index contributed by atoms with van der Waals surface area (Å²) in [5, 5.41) is 3.48. The van der Waals surface area contributed by atoms with Gasteiger partial charge in [0.2, 0.25) is 0 Å². The average Bonchev–Trinajstić information content (AvgIpc) is 2.21. The first-order chi connectivity index (χ1) is 7.19. The van der Waals surface area contributed by atoms with Gasteiger partial charge in [-0.05, 0) is 43.1 Å². The summed E-state index contributed by atoms with van der Waals surface area (Å²) >= 11 is 3.51. The smallest absolute Gasteiger partial charge is 0.0357 e. The number of benzene rings is 1. The van der Waals surface area contributed by atoms with Crippen LogP contribution in [0.1, 0.15) is 30.5 Å². The molecule has 1 N–H and O–H groups in total. The van der Waals surface area contributed by atoms with E-state index in [9.17, 15) is 0 Å². The molecule has 1 unspecified atom stereocenters. The minimum absolute atomic E-state index is 0.380. The predicted octanol–water partition coefficient (Wildman–Crippen LogP) is 3.98. The fourth-order valence-corrected chi connectivity index (χ4v) is 2.10. The molecule has 0 aliphatic heterocycles. The molecule has 0 aliphatic rings. The fourth-order valence-electron chi connectivity index (χ4n) is 1.72. The highest BCUT2D eigenvalue weighted by molar-refractivity contribution is 9.10. The van der Waals surface area contributed by atoms with Crippen LogP contribution in [0.15, 0.2) is 35.3 Å². The molecule has 0 amide bonds. The van der Waals surface area contributed by atoms with Crippen LogP contribution >= 0.6 is 15.9 Å². The van der Waals surface area contributed by atoms with E-state index >= 15 is 0 Å². The molecular weight excluding hydrogens is 250 g/mol. The van der Waals surface area contributed by atoms with Crippen LogP contribution in [0.3, 0.4) is 0 Å². The highest BCUT2D eigenvalue weighted by Gasteiger charge is 2.11. The van der Waals surface area contributed by atoms with Crippen molar-refractivity contribution in [1.29, 1.82) is 0 Å². The molecule has 0 saturated heterocycles. The topological polar surface area (TPSA) is 12.0 Å². The molecule has 0 fully saturated rings. The van der Waals surface area contributed by atoms with Crippen molar-refractivity contribution in [3.05, 3.63) is 46.5 Å². The van der Waals surface area contributed by atoms with Gasteiger partial charge in [-0.1, -0.05) is 35.0 Å². The standard InChI is InChI=1S/C13H18BrN/c1-4-6-13(15-5-2)12-9-11(14)8-7-10(12)3/h4,7-9,13,15H,1,5-6H2,2-3H3. The molecule has 82 valence electrons. The number of rotatable bonds is 5. The van der Waals surface area contributed by atoms with Crippen LogP contribution < -0.4 is 5.32 Å². The van der Waals surface area contributed by atoms with E-state index in [0.717, 1.165) is 17.4 Å². The highest BCUT2D eigenvalue weighted by Crippen LogP contribution is 2.24.